The van der Waals surface area contributed by atoms with Crippen LogP contribution in [0.15, 0.2) is 65.2 Å². The molecule has 0 spiro atoms. The molecular weight excluding hydrogens is 359 g/mol. The molecule has 28 heavy (non-hydrogen) atoms. The molecule has 3 aromatic carbocycles. The summed E-state index contributed by atoms with van der Waals surface area (Å²) in [6, 6.07) is 16.4. The third-order valence-corrected chi connectivity index (χ3v) is 4.38. The summed E-state index contributed by atoms with van der Waals surface area (Å²) in [4.78, 5) is 12.1. The Hall–Kier alpha value is -3.87. The number of nitrogens with one attached hydrogen (secondary N) is 2. The van der Waals surface area contributed by atoms with Gasteiger partial charge in [0, 0.05) is 11.4 Å². The first-order chi connectivity index (χ1) is 13.5. The van der Waals surface area contributed by atoms with Crippen LogP contribution < -0.4 is 16.4 Å². The number of nitrogens with two attached hydrogens (primary N) is 1. The van der Waals surface area contributed by atoms with Gasteiger partial charge in [-0.2, -0.15) is 0 Å². The summed E-state index contributed by atoms with van der Waals surface area (Å²) in [7, 11) is 0. The van der Waals surface area contributed by atoms with E-state index in [-0.39, 0.29) is 0 Å². The minimum Gasteiger partial charge on any atom is -0.380 e. The zero-order valence-electron chi connectivity index (χ0n) is 15.0. The molecular formula is C21H17FN4O2. The number of carbonyl (C=O) groups excluding carboxylic acids is 1. The molecule has 140 valence electrons. The number of benzene rings is 3. The van der Waals surface area contributed by atoms with Crippen molar-refractivity contribution in [3.05, 3.63) is 72.0 Å². The molecule has 0 fully saturated rings. The third-order valence-electron chi connectivity index (χ3n) is 4.38. The van der Waals surface area contributed by atoms with Gasteiger partial charge in [0.2, 0.25) is 0 Å². The Morgan fingerprint density at radius 2 is 1.79 bits per heavy atom. The number of nitrogen functional groups attached to an aromatic ring is 1. The summed E-state index contributed by atoms with van der Waals surface area (Å²) in [5.41, 5.74) is 10.4. The van der Waals surface area contributed by atoms with E-state index in [1.165, 1.54) is 18.2 Å². The Kier molecular flexibility index (Phi) is 4.41. The van der Waals surface area contributed by atoms with Gasteiger partial charge in [-0.1, -0.05) is 35.5 Å². The number of urea groups is 1. The number of anilines is 3. The average Bonchev–Trinajstić information content (AvgIpc) is 3.06. The number of hydrogen-bond donors (Lipinski definition) is 3. The SMILES string of the molecule is Cc1ccc(-c2ccc(NC(=O)Nc3cccc(F)c3)cc2)c2c(N)noc12. The molecule has 7 heteroatoms. The minimum atomic E-state index is -0.459. The van der Waals surface area contributed by atoms with Crippen molar-refractivity contribution in [2.24, 2.45) is 0 Å². The van der Waals surface area contributed by atoms with Crippen molar-refractivity contribution in [1.29, 1.82) is 0 Å². The molecule has 2 amide bonds. The van der Waals surface area contributed by atoms with Gasteiger partial charge in [0.05, 0.1) is 5.39 Å². The standard InChI is InChI=1S/C21H17FN4O2/c1-12-5-10-17(18-19(12)28-26-20(18)23)13-6-8-15(9-7-13)24-21(27)25-16-4-2-3-14(22)11-16/h2-11H,1H3,(H2,23,26)(H2,24,25,27). The second kappa shape index (κ2) is 7.03. The van der Waals surface area contributed by atoms with Crippen LogP contribution in [0.2, 0.25) is 0 Å². The Balaban J connectivity index is 1.54. The molecule has 0 aliphatic carbocycles. The van der Waals surface area contributed by atoms with Crippen LogP contribution in [-0.4, -0.2) is 11.2 Å². The highest BCUT2D eigenvalue weighted by atomic mass is 19.1. The van der Waals surface area contributed by atoms with Crippen molar-refractivity contribution >= 4 is 34.2 Å². The van der Waals surface area contributed by atoms with Crippen LogP contribution >= 0.6 is 0 Å². The van der Waals surface area contributed by atoms with Crippen LogP contribution in [0.25, 0.3) is 22.1 Å². The predicted molar refractivity (Wildman–Crippen MR) is 108 cm³/mol. The lowest BCUT2D eigenvalue weighted by Gasteiger charge is -2.09. The second-order valence-corrected chi connectivity index (χ2v) is 6.37. The summed E-state index contributed by atoms with van der Waals surface area (Å²) < 4.78 is 18.5. The molecule has 0 saturated carbocycles. The number of rotatable bonds is 3. The van der Waals surface area contributed by atoms with Crippen LogP contribution in [0.1, 0.15) is 5.56 Å². The number of carbonyl (C=O) groups is 1. The molecule has 0 bridgehead atoms. The van der Waals surface area contributed by atoms with Gasteiger partial charge in [0.25, 0.3) is 0 Å². The fourth-order valence-electron chi connectivity index (χ4n) is 3.03. The molecule has 4 N–H and O–H groups in total. The molecule has 1 heterocycles. The lowest BCUT2D eigenvalue weighted by molar-refractivity contribution is 0.262. The number of amides is 2. The van der Waals surface area contributed by atoms with Crippen molar-refractivity contribution in [1.82, 2.24) is 5.16 Å². The summed E-state index contributed by atoms with van der Waals surface area (Å²) in [5, 5.41) is 9.92. The number of hydrogen-bond acceptors (Lipinski definition) is 4. The van der Waals surface area contributed by atoms with Gasteiger partial charge in [-0.15, -0.1) is 0 Å². The first-order valence-electron chi connectivity index (χ1n) is 8.60. The normalized spacial score (nSPS) is 10.8. The van der Waals surface area contributed by atoms with Crippen LogP contribution in [-0.2, 0) is 0 Å². The van der Waals surface area contributed by atoms with Crippen molar-refractivity contribution in [2.75, 3.05) is 16.4 Å². The molecule has 0 radical (unpaired) electrons. The molecule has 4 aromatic rings. The largest absolute Gasteiger partial charge is 0.380 e. The number of fused-ring (bicyclic) bond motifs is 1. The van der Waals surface area contributed by atoms with E-state index >= 15 is 0 Å². The van der Waals surface area contributed by atoms with E-state index in [0.717, 1.165) is 22.1 Å². The van der Waals surface area contributed by atoms with Crippen molar-refractivity contribution < 1.29 is 13.7 Å². The zero-order valence-corrected chi connectivity index (χ0v) is 15.0. The summed E-state index contributed by atoms with van der Waals surface area (Å²) >= 11 is 0. The van der Waals surface area contributed by atoms with E-state index < -0.39 is 11.8 Å². The van der Waals surface area contributed by atoms with E-state index in [1.807, 2.05) is 31.2 Å². The fraction of sp³-hybridized carbons (Fsp3) is 0.0476. The molecule has 4 rings (SSSR count). The van der Waals surface area contributed by atoms with E-state index in [1.54, 1.807) is 18.2 Å². The average molecular weight is 376 g/mol. The highest BCUT2D eigenvalue weighted by Crippen LogP contribution is 2.34. The van der Waals surface area contributed by atoms with Gasteiger partial charge in [-0.25, -0.2) is 9.18 Å². The van der Waals surface area contributed by atoms with Gasteiger partial charge in [0.15, 0.2) is 11.4 Å². The van der Waals surface area contributed by atoms with Gasteiger partial charge in [-0.3, -0.25) is 0 Å². The van der Waals surface area contributed by atoms with Gasteiger partial charge >= 0.3 is 6.03 Å². The maximum absolute atomic E-state index is 13.2. The minimum absolute atomic E-state index is 0.338. The van der Waals surface area contributed by atoms with Crippen LogP contribution in [0.5, 0.6) is 0 Å². The quantitative estimate of drug-likeness (QED) is 0.460. The van der Waals surface area contributed by atoms with Gasteiger partial charge in [-0.05, 0) is 53.9 Å². The van der Waals surface area contributed by atoms with Crippen molar-refractivity contribution in [3.63, 3.8) is 0 Å². The summed E-state index contributed by atoms with van der Waals surface area (Å²) in [5.74, 6) is -0.0788. The maximum Gasteiger partial charge on any atom is 0.323 e. The Labute approximate surface area is 160 Å². The van der Waals surface area contributed by atoms with Crippen molar-refractivity contribution in [3.8, 4) is 11.1 Å². The highest BCUT2D eigenvalue weighted by Gasteiger charge is 2.14. The highest BCUT2D eigenvalue weighted by molar-refractivity contribution is 6.02. The Bertz CT molecular complexity index is 1170. The molecule has 0 atom stereocenters. The van der Waals surface area contributed by atoms with Crippen LogP contribution in [0.3, 0.4) is 0 Å². The smallest absolute Gasteiger partial charge is 0.323 e. The predicted octanol–water partition coefficient (Wildman–Crippen LogP) is 5.17. The molecule has 0 unspecified atom stereocenters. The first-order valence-corrected chi connectivity index (χ1v) is 8.60. The Morgan fingerprint density at radius 3 is 2.54 bits per heavy atom. The lowest BCUT2D eigenvalue weighted by atomic mass is 9.99. The molecule has 0 aliphatic rings. The third kappa shape index (κ3) is 3.37. The molecule has 0 saturated heterocycles. The van der Waals surface area contributed by atoms with Gasteiger partial charge in [0.1, 0.15) is 5.82 Å². The fourth-order valence-corrected chi connectivity index (χ4v) is 3.03. The topological polar surface area (TPSA) is 93.2 Å². The molecule has 0 aliphatic heterocycles. The molecule has 6 nitrogen and oxygen atoms in total. The summed E-state index contributed by atoms with van der Waals surface area (Å²) in [6.45, 7) is 1.93. The van der Waals surface area contributed by atoms with E-state index in [4.69, 9.17) is 10.3 Å². The number of aromatic nitrogens is 1. The number of aryl methyl sites for hydroxylation is 1. The number of halogens is 1. The van der Waals surface area contributed by atoms with Crippen LogP contribution in [0.4, 0.5) is 26.4 Å². The van der Waals surface area contributed by atoms with E-state index in [0.29, 0.717) is 22.8 Å². The van der Waals surface area contributed by atoms with Crippen molar-refractivity contribution in [2.45, 2.75) is 6.92 Å². The Morgan fingerprint density at radius 1 is 1.04 bits per heavy atom. The van der Waals surface area contributed by atoms with E-state index in [2.05, 4.69) is 15.8 Å². The zero-order chi connectivity index (χ0) is 19.7. The molecule has 1 aromatic heterocycles. The lowest BCUT2D eigenvalue weighted by Crippen LogP contribution is -2.19. The second-order valence-electron chi connectivity index (χ2n) is 6.37. The maximum atomic E-state index is 13.2. The van der Waals surface area contributed by atoms with E-state index in [9.17, 15) is 9.18 Å². The van der Waals surface area contributed by atoms with Gasteiger partial charge < -0.3 is 20.9 Å². The monoisotopic (exact) mass is 376 g/mol. The summed E-state index contributed by atoms with van der Waals surface area (Å²) in [6.07, 6.45) is 0. The first kappa shape index (κ1) is 17.5. The number of nitrogens with zero attached hydrogens (tertiary/aromatic N) is 1. The van der Waals surface area contributed by atoms with Crippen LogP contribution in [0, 0.1) is 12.7 Å².